The third kappa shape index (κ3) is 4.77. The van der Waals surface area contributed by atoms with E-state index in [-0.39, 0.29) is 18.5 Å². The minimum atomic E-state index is -0.411. The van der Waals surface area contributed by atoms with Gasteiger partial charge in [-0.1, -0.05) is 38.0 Å². The highest BCUT2D eigenvalue weighted by molar-refractivity contribution is 5.91. The van der Waals surface area contributed by atoms with Gasteiger partial charge in [0.2, 0.25) is 5.91 Å². The average Bonchev–Trinajstić information content (AvgIpc) is 2.40. The van der Waals surface area contributed by atoms with Crippen LogP contribution in [0.25, 0.3) is 0 Å². The molecule has 0 spiro atoms. The molecule has 5 heteroatoms. The van der Waals surface area contributed by atoms with Crippen molar-refractivity contribution >= 4 is 17.6 Å². The number of amides is 3. The van der Waals surface area contributed by atoms with Crippen LogP contribution in [0.2, 0.25) is 0 Å². The molecule has 0 unspecified atom stereocenters. The molecule has 1 aromatic rings. The first-order valence-electron chi connectivity index (χ1n) is 7.48. The van der Waals surface area contributed by atoms with Crippen molar-refractivity contribution in [2.75, 3.05) is 5.32 Å². The molecule has 21 heavy (non-hydrogen) atoms. The van der Waals surface area contributed by atoms with Gasteiger partial charge < -0.3 is 16.4 Å². The number of carbonyl (C=O) groups excluding carboxylic acids is 2. The van der Waals surface area contributed by atoms with Crippen molar-refractivity contribution in [2.24, 2.45) is 11.7 Å². The SMILES string of the molecule is C[C@H]1CCC[C@H](NC(=O)Nc2ccccc2CC(N)=O)C1. The van der Waals surface area contributed by atoms with Crippen molar-refractivity contribution in [3.63, 3.8) is 0 Å². The number of para-hydroxylation sites is 1. The van der Waals surface area contributed by atoms with E-state index in [0.717, 1.165) is 24.8 Å². The molecule has 1 aromatic carbocycles. The quantitative estimate of drug-likeness (QED) is 0.795. The summed E-state index contributed by atoms with van der Waals surface area (Å²) in [6.45, 7) is 2.22. The van der Waals surface area contributed by atoms with Gasteiger partial charge in [0.25, 0.3) is 0 Å². The number of nitrogens with one attached hydrogen (secondary N) is 2. The van der Waals surface area contributed by atoms with E-state index in [2.05, 4.69) is 17.6 Å². The van der Waals surface area contributed by atoms with E-state index in [9.17, 15) is 9.59 Å². The molecule has 0 aromatic heterocycles. The van der Waals surface area contributed by atoms with Crippen LogP contribution in [-0.4, -0.2) is 18.0 Å². The van der Waals surface area contributed by atoms with E-state index < -0.39 is 5.91 Å². The molecule has 114 valence electrons. The van der Waals surface area contributed by atoms with Crippen LogP contribution in [0.15, 0.2) is 24.3 Å². The standard InChI is InChI=1S/C16H23N3O2/c1-11-5-4-7-13(9-11)18-16(21)19-14-8-3-2-6-12(14)10-15(17)20/h2-3,6,8,11,13H,4-5,7,9-10H2,1H3,(H2,17,20)(H2,18,19,21)/t11-,13-/m0/s1. The van der Waals surface area contributed by atoms with Gasteiger partial charge in [0.05, 0.1) is 6.42 Å². The van der Waals surface area contributed by atoms with Crippen LogP contribution in [0, 0.1) is 5.92 Å². The molecule has 2 rings (SSSR count). The van der Waals surface area contributed by atoms with Gasteiger partial charge in [-0.3, -0.25) is 4.79 Å². The Morgan fingerprint density at radius 2 is 2.05 bits per heavy atom. The third-order valence-electron chi connectivity index (χ3n) is 3.90. The fraction of sp³-hybridized carbons (Fsp3) is 0.500. The molecule has 1 fully saturated rings. The maximum Gasteiger partial charge on any atom is 0.319 e. The number of hydrogen-bond acceptors (Lipinski definition) is 2. The largest absolute Gasteiger partial charge is 0.369 e. The van der Waals surface area contributed by atoms with E-state index in [1.807, 2.05) is 12.1 Å². The Morgan fingerprint density at radius 3 is 2.76 bits per heavy atom. The van der Waals surface area contributed by atoms with Crippen LogP contribution in [-0.2, 0) is 11.2 Å². The molecule has 5 nitrogen and oxygen atoms in total. The number of hydrogen-bond donors (Lipinski definition) is 3. The number of anilines is 1. The van der Waals surface area contributed by atoms with Crippen molar-refractivity contribution in [3.05, 3.63) is 29.8 Å². The Labute approximate surface area is 125 Å². The van der Waals surface area contributed by atoms with Crippen LogP contribution in [0.4, 0.5) is 10.5 Å². The maximum atomic E-state index is 12.1. The number of rotatable bonds is 4. The topological polar surface area (TPSA) is 84.2 Å². The van der Waals surface area contributed by atoms with E-state index in [1.54, 1.807) is 12.1 Å². The van der Waals surface area contributed by atoms with Crippen LogP contribution in [0.5, 0.6) is 0 Å². The van der Waals surface area contributed by atoms with Crippen LogP contribution in [0.1, 0.15) is 38.2 Å². The first kappa shape index (κ1) is 15.4. The lowest BCUT2D eigenvalue weighted by molar-refractivity contribution is -0.117. The highest BCUT2D eigenvalue weighted by atomic mass is 16.2. The van der Waals surface area contributed by atoms with Crippen molar-refractivity contribution in [1.82, 2.24) is 5.32 Å². The zero-order valence-electron chi connectivity index (χ0n) is 12.4. The molecule has 0 saturated heterocycles. The predicted molar refractivity (Wildman–Crippen MR) is 82.9 cm³/mol. The molecule has 2 atom stereocenters. The van der Waals surface area contributed by atoms with Gasteiger partial charge in [-0.15, -0.1) is 0 Å². The van der Waals surface area contributed by atoms with Gasteiger partial charge in [0.15, 0.2) is 0 Å². The lowest BCUT2D eigenvalue weighted by atomic mass is 9.87. The Hall–Kier alpha value is -2.04. The zero-order valence-corrected chi connectivity index (χ0v) is 12.4. The summed E-state index contributed by atoms with van der Waals surface area (Å²) in [5, 5.41) is 5.83. The second-order valence-electron chi connectivity index (χ2n) is 5.87. The van der Waals surface area contributed by atoms with Crippen molar-refractivity contribution in [3.8, 4) is 0 Å². The Balaban J connectivity index is 1.94. The van der Waals surface area contributed by atoms with Gasteiger partial charge in [0, 0.05) is 11.7 Å². The minimum Gasteiger partial charge on any atom is -0.369 e. The highest BCUT2D eigenvalue weighted by Gasteiger charge is 2.20. The lowest BCUT2D eigenvalue weighted by Crippen LogP contribution is -2.40. The molecular weight excluding hydrogens is 266 g/mol. The van der Waals surface area contributed by atoms with E-state index in [1.165, 1.54) is 6.42 Å². The number of urea groups is 1. The smallest absolute Gasteiger partial charge is 0.319 e. The van der Waals surface area contributed by atoms with Gasteiger partial charge in [-0.25, -0.2) is 4.79 Å². The second kappa shape index (κ2) is 7.11. The van der Waals surface area contributed by atoms with Crippen LogP contribution < -0.4 is 16.4 Å². The van der Waals surface area contributed by atoms with Crippen molar-refractivity contribution in [1.29, 1.82) is 0 Å². The average molecular weight is 289 g/mol. The predicted octanol–water partition coefficient (Wildman–Crippen LogP) is 2.41. The maximum absolute atomic E-state index is 12.1. The number of nitrogens with two attached hydrogens (primary N) is 1. The third-order valence-corrected chi connectivity index (χ3v) is 3.90. The number of carbonyl (C=O) groups is 2. The molecule has 0 radical (unpaired) electrons. The lowest BCUT2D eigenvalue weighted by Gasteiger charge is -2.27. The Morgan fingerprint density at radius 1 is 1.29 bits per heavy atom. The summed E-state index contributed by atoms with van der Waals surface area (Å²) in [7, 11) is 0. The molecule has 0 aliphatic heterocycles. The number of primary amides is 1. The molecule has 1 saturated carbocycles. The zero-order chi connectivity index (χ0) is 15.2. The first-order chi connectivity index (χ1) is 10.0. The monoisotopic (exact) mass is 289 g/mol. The normalized spacial score (nSPS) is 21.6. The molecule has 0 heterocycles. The minimum absolute atomic E-state index is 0.122. The van der Waals surface area contributed by atoms with E-state index in [4.69, 9.17) is 5.73 Å². The van der Waals surface area contributed by atoms with Crippen molar-refractivity contribution in [2.45, 2.75) is 45.1 Å². The van der Waals surface area contributed by atoms with Crippen LogP contribution in [0.3, 0.4) is 0 Å². The molecule has 0 bridgehead atoms. The summed E-state index contributed by atoms with van der Waals surface area (Å²) in [4.78, 5) is 23.1. The molecule has 1 aliphatic carbocycles. The summed E-state index contributed by atoms with van der Waals surface area (Å²) in [5.74, 6) is 0.247. The highest BCUT2D eigenvalue weighted by Crippen LogP contribution is 2.23. The fourth-order valence-corrected chi connectivity index (χ4v) is 2.89. The van der Waals surface area contributed by atoms with Gasteiger partial charge >= 0.3 is 6.03 Å². The van der Waals surface area contributed by atoms with Gasteiger partial charge in [-0.05, 0) is 30.4 Å². The van der Waals surface area contributed by atoms with E-state index >= 15 is 0 Å². The van der Waals surface area contributed by atoms with Crippen LogP contribution >= 0.6 is 0 Å². The molecule has 1 aliphatic rings. The Bertz CT molecular complexity index is 516. The summed E-state index contributed by atoms with van der Waals surface area (Å²) in [5.41, 5.74) is 6.59. The van der Waals surface area contributed by atoms with E-state index in [0.29, 0.717) is 11.6 Å². The summed E-state index contributed by atoms with van der Waals surface area (Å²) in [6.07, 6.45) is 4.57. The second-order valence-corrected chi connectivity index (χ2v) is 5.87. The Kier molecular flexibility index (Phi) is 5.20. The van der Waals surface area contributed by atoms with Gasteiger partial charge in [-0.2, -0.15) is 0 Å². The number of benzene rings is 1. The van der Waals surface area contributed by atoms with Crippen molar-refractivity contribution < 1.29 is 9.59 Å². The first-order valence-corrected chi connectivity index (χ1v) is 7.48. The summed E-state index contributed by atoms with van der Waals surface area (Å²) >= 11 is 0. The van der Waals surface area contributed by atoms with Gasteiger partial charge in [0.1, 0.15) is 0 Å². The molecule has 4 N–H and O–H groups in total. The fourth-order valence-electron chi connectivity index (χ4n) is 2.89. The summed E-state index contributed by atoms with van der Waals surface area (Å²) < 4.78 is 0. The molecular formula is C16H23N3O2. The summed E-state index contributed by atoms with van der Waals surface area (Å²) in [6, 6.07) is 7.24. The molecule has 3 amide bonds.